The number of piperidine rings is 1. The van der Waals surface area contributed by atoms with E-state index in [1.54, 1.807) is 7.05 Å². The van der Waals surface area contributed by atoms with E-state index in [0.29, 0.717) is 13.1 Å². The second-order valence-corrected chi connectivity index (χ2v) is 6.21. The minimum absolute atomic E-state index is 0. The third kappa shape index (κ3) is 9.13. The highest BCUT2D eigenvalue weighted by atomic mass is 35.5. The van der Waals surface area contributed by atoms with Gasteiger partial charge < -0.3 is 15.5 Å². The van der Waals surface area contributed by atoms with Crippen molar-refractivity contribution in [3.05, 3.63) is 0 Å². The Labute approximate surface area is 146 Å². The summed E-state index contributed by atoms with van der Waals surface area (Å²) in [5.74, 6) is 0.722. The van der Waals surface area contributed by atoms with Gasteiger partial charge in [0, 0.05) is 13.6 Å². The van der Waals surface area contributed by atoms with Crippen molar-refractivity contribution in [2.45, 2.75) is 32.6 Å². The van der Waals surface area contributed by atoms with Crippen LogP contribution in [0.25, 0.3) is 0 Å². The Morgan fingerprint density at radius 1 is 1.22 bits per heavy atom. The molecule has 0 aromatic carbocycles. The highest BCUT2D eigenvalue weighted by molar-refractivity contribution is 5.85. The number of nitrogens with one attached hydrogen (secondary N) is 2. The van der Waals surface area contributed by atoms with E-state index in [1.807, 2.05) is 14.0 Å². The maximum atomic E-state index is 12.2. The van der Waals surface area contributed by atoms with Gasteiger partial charge in [-0.15, -0.1) is 12.4 Å². The number of halogens is 1. The average Bonchev–Trinajstić information content (AvgIpc) is 2.52. The van der Waals surface area contributed by atoms with E-state index in [-0.39, 0.29) is 30.8 Å². The lowest BCUT2D eigenvalue weighted by molar-refractivity contribution is -0.135. The Morgan fingerprint density at radius 3 is 2.43 bits per heavy atom. The molecule has 1 aliphatic heterocycles. The maximum Gasteiger partial charge on any atom is 0.239 e. The highest BCUT2D eigenvalue weighted by Crippen LogP contribution is 2.19. The number of amides is 2. The van der Waals surface area contributed by atoms with Crippen molar-refractivity contribution in [2.24, 2.45) is 5.92 Å². The fourth-order valence-corrected chi connectivity index (χ4v) is 2.72. The molecule has 136 valence electrons. The number of rotatable bonds is 9. The van der Waals surface area contributed by atoms with E-state index >= 15 is 0 Å². The number of nitrogens with zero attached hydrogens (tertiary/aromatic N) is 2. The van der Waals surface area contributed by atoms with Crippen LogP contribution >= 0.6 is 12.4 Å². The van der Waals surface area contributed by atoms with Crippen molar-refractivity contribution < 1.29 is 9.59 Å². The van der Waals surface area contributed by atoms with Crippen LogP contribution in [0.5, 0.6) is 0 Å². The molecule has 0 radical (unpaired) electrons. The third-order valence-corrected chi connectivity index (χ3v) is 4.25. The van der Waals surface area contributed by atoms with Crippen molar-refractivity contribution >= 4 is 24.2 Å². The summed E-state index contributed by atoms with van der Waals surface area (Å²) in [6, 6.07) is 0. The SMILES string of the molecule is CCCNC(=O)CN(C)C(=O)CN1CCC(CCNC)CC1.Cl. The van der Waals surface area contributed by atoms with Crippen LogP contribution in [0.2, 0.25) is 0 Å². The first-order valence-electron chi connectivity index (χ1n) is 8.44. The van der Waals surface area contributed by atoms with Gasteiger partial charge in [0.1, 0.15) is 0 Å². The second kappa shape index (κ2) is 12.6. The molecule has 6 nitrogen and oxygen atoms in total. The van der Waals surface area contributed by atoms with E-state index in [1.165, 1.54) is 11.3 Å². The summed E-state index contributed by atoms with van der Waals surface area (Å²) < 4.78 is 0. The van der Waals surface area contributed by atoms with Crippen LogP contribution in [0.4, 0.5) is 0 Å². The Bertz CT molecular complexity index is 347. The normalized spacial score (nSPS) is 15.8. The van der Waals surface area contributed by atoms with E-state index in [9.17, 15) is 9.59 Å². The Balaban J connectivity index is 0.00000484. The Morgan fingerprint density at radius 2 is 1.87 bits per heavy atom. The molecule has 0 atom stereocenters. The van der Waals surface area contributed by atoms with Crippen LogP contribution in [-0.4, -0.2) is 75.0 Å². The molecule has 1 fully saturated rings. The van der Waals surface area contributed by atoms with Gasteiger partial charge in [0.25, 0.3) is 0 Å². The van der Waals surface area contributed by atoms with Gasteiger partial charge >= 0.3 is 0 Å². The minimum Gasteiger partial charge on any atom is -0.355 e. The van der Waals surface area contributed by atoms with Gasteiger partial charge in [-0.25, -0.2) is 0 Å². The number of hydrogen-bond acceptors (Lipinski definition) is 4. The predicted octanol–water partition coefficient (Wildman–Crippen LogP) is 0.714. The van der Waals surface area contributed by atoms with Crippen molar-refractivity contribution in [1.29, 1.82) is 0 Å². The topological polar surface area (TPSA) is 64.7 Å². The molecule has 0 aliphatic carbocycles. The van der Waals surface area contributed by atoms with Crippen LogP contribution < -0.4 is 10.6 Å². The quantitative estimate of drug-likeness (QED) is 0.644. The van der Waals surface area contributed by atoms with Crippen molar-refractivity contribution in [1.82, 2.24) is 20.4 Å². The summed E-state index contributed by atoms with van der Waals surface area (Å²) in [4.78, 5) is 27.5. The van der Waals surface area contributed by atoms with E-state index in [0.717, 1.165) is 44.8 Å². The lowest BCUT2D eigenvalue weighted by atomic mass is 9.93. The Kier molecular flexibility index (Phi) is 12.1. The zero-order valence-corrected chi connectivity index (χ0v) is 15.6. The van der Waals surface area contributed by atoms with E-state index in [2.05, 4.69) is 15.5 Å². The smallest absolute Gasteiger partial charge is 0.239 e. The number of carbonyl (C=O) groups excluding carboxylic acids is 2. The van der Waals surface area contributed by atoms with Crippen LogP contribution in [0.15, 0.2) is 0 Å². The van der Waals surface area contributed by atoms with Gasteiger partial charge in [-0.1, -0.05) is 6.92 Å². The molecule has 0 aromatic heterocycles. The number of likely N-dealkylation sites (tertiary alicyclic amines) is 1. The molecule has 2 N–H and O–H groups in total. The largest absolute Gasteiger partial charge is 0.355 e. The molecule has 23 heavy (non-hydrogen) atoms. The van der Waals surface area contributed by atoms with Crippen LogP contribution in [0, 0.1) is 5.92 Å². The number of carbonyl (C=O) groups is 2. The minimum atomic E-state index is -0.0801. The zero-order chi connectivity index (χ0) is 16.4. The van der Waals surface area contributed by atoms with Gasteiger partial charge in [-0.05, 0) is 58.3 Å². The zero-order valence-electron chi connectivity index (χ0n) is 14.8. The molecule has 1 heterocycles. The van der Waals surface area contributed by atoms with Crippen molar-refractivity contribution in [3.63, 3.8) is 0 Å². The van der Waals surface area contributed by atoms with Crippen LogP contribution in [0.1, 0.15) is 32.6 Å². The first kappa shape index (κ1) is 22.1. The third-order valence-electron chi connectivity index (χ3n) is 4.25. The van der Waals surface area contributed by atoms with Gasteiger partial charge in [0.2, 0.25) is 11.8 Å². The molecular formula is C16H33ClN4O2. The van der Waals surface area contributed by atoms with Crippen molar-refractivity contribution in [3.8, 4) is 0 Å². The Hall–Kier alpha value is -0.850. The van der Waals surface area contributed by atoms with E-state index in [4.69, 9.17) is 0 Å². The molecule has 0 aromatic rings. The predicted molar refractivity (Wildman–Crippen MR) is 95.9 cm³/mol. The average molecular weight is 349 g/mol. The van der Waals surface area contributed by atoms with Gasteiger partial charge in [0.15, 0.2) is 0 Å². The molecule has 1 aliphatic rings. The van der Waals surface area contributed by atoms with Crippen LogP contribution in [0.3, 0.4) is 0 Å². The number of hydrogen-bond donors (Lipinski definition) is 2. The maximum absolute atomic E-state index is 12.2. The summed E-state index contributed by atoms with van der Waals surface area (Å²) >= 11 is 0. The molecule has 1 rings (SSSR count). The van der Waals surface area contributed by atoms with E-state index < -0.39 is 0 Å². The summed E-state index contributed by atoms with van der Waals surface area (Å²) in [5, 5.41) is 5.99. The summed E-state index contributed by atoms with van der Waals surface area (Å²) in [5.41, 5.74) is 0. The first-order chi connectivity index (χ1) is 10.6. The molecule has 0 bridgehead atoms. The fraction of sp³-hybridized carbons (Fsp3) is 0.875. The molecular weight excluding hydrogens is 316 g/mol. The standard InChI is InChI=1S/C16H32N4O2.ClH/c1-4-8-18-15(21)12-19(3)16(22)13-20-10-6-14(7-11-20)5-9-17-2;/h14,17H,4-13H2,1-3H3,(H,18,21);1H. The molecule has 0 spiro atoms. The molecule has 0 saturated carbocycles. The molecule has 2 amide bonds. The summed E-state index contributed by atoms with van der Waals surface area (Å²) in [6.07, 6.45) is 4.45. The lowest BCUT2D eigenvalue weighted by Crippen LogP contribution is -2.45. The molecule has 0 unspecified atom stereocenters. The van der Waals surface area contributed by atoms with Gasteiger partial charge in [-0.3, -0.25) is 14.5 Å². The molecule has 7 heteroatoms. The fourth-order valence-electron chi connectivity index (χ4n) is 2.72. The summed E-state index contributed by atoms with van der Waals surface area (Å²) in [6.45, 7) is 6.29. The van der Waals surface area contributed by atoms with Gasteiger partial charge in [-0.2, -0.15) is 0 Å². The molecule has 1 saturated heterocycles. The monoisotopic (exact) mass is 348 g/mol. The highest BCUT2D eigenvalue weighted by Gasteiger charge is 2.22. The van der Waals surface area contributed by atoms with Crippen LogP contribution in [-0.2, 0) is 9.59 Å². The lowest BCUT2D eigenvalue weighted by Gasteiger charge is -2.32. The second-order valence-electron chi connectivity index (χ2n) is 6.21. The first-order valence-corrected chi connectivity index (χ1v) is 8.44. The van der Waals surface area contributed by atoms with Crippen molar-refractivity contribution in [2.75, 3.05) is 53.4 Å². The van der Waals surface area contributed by atoms with Gasteiger partial charge in [0.05, 0.1) is 13.1 Å². The number of likely N-dealkylation sites (N-methyl/N-ethyl adjacent to an activating group) is 1. The summed E-state index contributed by atoms with van der Waals surface area (Å²) in [7, 11) is 3.69.